The van der Waals surface area contributed by atoms with Crippen LogP contribution in [0, 0.1) is 13.8 Å². The number of aromatic nitrogens is 4. The summed E-state index contributed by atoms with van der Waals surface area (Å²) in [6.07, 6.45) is 0. The highest BCUT2D eigenvalue weighted by atomic mass is 35.5. The third kappa shape index (κ3) is 8.28. The summed E-state index contributed by atoms with van der Waals surface area (Å²) in [7, 11) is 1.58. The number of rotatable bonds is 2. The molecule has 4 N–H and O–H groups in total. The number of anilines is 2. The highest BCUT2D eigenvalue weighted by Crippen LogP contribution is 2.35. The molecule has 220 valence electrons. The number of methoxy groups -OCH3 is 1. The molecule has 43 heavy (non-hydrogen) atoms. The fourth-order valence-electron chi connectivity index (χ4n) is 3.83. The lowest BCUT2D eigenvalue weighted by Crippen LogP contribution is -2.00. The minimum Gasteiger partial charge on any atom is -0.496 e. The molecule has 0 unspecified atom stereocenters. The predicted molar refractivity (Wildman–Crippen MR) is 181 cm³/mol. The van der Waals surface area contributed by atoms with Crippen LogP contribution < -0.4 is 16.2 Å². The van der Waals surface area contributed by atoms with E-state index in [9.17, 15) is 0 Å². The topological polar surface area (TPSA) is 113 Å². The van der Waals surface area contributed by atoms with E-state index < -0.39 is 0 Å². The summed E-state index contributed by atoms with van der Waals surface area (Å²) in [5.74, 6) is 1.15. The van der Waals surface area contributed by atoms with Gasteiger partial charge in [-0.05, 0) is 91.7 Å². The van der Waals surface area contributed by atoms with Crippen LogP contribution in [0.3, 0.4) is 0 Å². The van der Waals surface area contributed by atoms with Gasteiger partial charge in [-0.1, -0.05) is 64.1 Å². The fraction of sp³-hybridized carbons (Fsp3) is 0.0968. The molecule has 0 bridgehead atoms. The van der Waals surface area contributed by atoms with E-state index in [1.54, 1.807) is 61.7 Å². The SMILES string of the molecule is COc1ccc(Cl)cc1-c1nc2ccc(Cl)cc2nc1N.Cc1ccc(Cl)cc1C.Nc1nc2cc(Cl)ccc2nc1Cl. The van der Waals surface area contributed by atoms with E-state index in [2.05, 4.69) is 33.8 Å². The number of aryl methyl sites for hydroxylation is 2. The maximum absolute atomic E-state index is 6.05. The van der Waals surface area contributed by atoms with Gasteiger partial charge in [0, 0.05) is 25.7 Å². The second kappa shape index (κ2) is 14.3. The van der Waals surface area contributed by atoms with Gasteiger partial charge in [-0.25, -0.2) is 19.9 Å². The standard InChI is InChI=1S/C15H11Cl2N3O.C8H5Cl2N3.C8H9Cl/c1-21-13-5-3-8(16)6-10(13)14-15(18)20-12-7-9(17)2-4-11(12)19-14;9-4-1-2-5-6(3-4)13-8(11)7(10)12-5;1-6-3-4-8(9)5-7(6)2/h2-7H,1H3,(H2,18,20);1-3H,(H2,11,13);3-5H,1-2H3. The maximum atomic E-state index is 6.05. The number of hydrogen-bond donors (Lipinski definition) is 2. The number of ether oxygens (including phenoxy) is 1. The molecule has 6 aromatic rings. The Morgan fingerprint density at radius 1 is 0.535 bits per heavy atom. The van der Waals surface area contributed by atoms with E-state index >= 15 is 0 Å². The van der Waals surface area contributed by atoms with Crippen LogP contribution in [0.4, 0.5) is 11.6 Å². The van der Waals surface area contributed by atoms with Crippen molar-refractivity contribution in [3.05, 3.63) is 109 Å². The number of hydrogen-bond acceptors (Lipinski definition) is 7. The predicted octanol–water partition coefficient (Wildman–Crippen LogP) is 9.67. The maximum Gasteiger partial charge on any atom is 0.171 e. The minimum absolute atomic E-state index is 0.217. The lowest BCUT2D eigenvalue weighted by Gasteiger charge is -2.11. The summed E-state index contributed by atoms with van der Waals surface area (Å²) in [5, 5.41) is 2.80. The lowest BCUT2D eigenvalue weighted by atomic mass is 10.1. The van der Waals surface area contributed by atoms with E-state index in [1.165, 1.54) is 11.1 Å². The summed E-state index contributed by atoms with van der Waals surface area (Å²) in [6, 6.07) is 21.6. The first-order chi connectivity index (χ1) is 20.4. The summed E-state index contributed by atoms with van der Waals surface area (Å²) >= 11 is 29.2. The first-order valence-corrected chi connectivity index (χ1v) is 14.5. The van der Waals surface area contributed by atoms with Crippen LogP contribution in [0.15, 0.2) is 72.8 Å². The van der Waals surface area contributed by atoms with Crippen molar-refractivity contribution in [2.24, 2.45) is 0 Å². The van der Waals surface area contributed by atoms with Crippen LogP contribution in [-0.2, 0) is 0 Å². The molecule has 0 saturated carbocycles. The Hall–Kier alpha value is -3.59. The molecule has 0 radical (unpaired) electrons. The van der Waals surface area contributed by atoms with Crippen LogP contribution in [0.1, 0.15) is 11.1 Å². The summed E-state index contributed by atoms with van der Waals surface area (Å²) in [4.78, 5) is 17.0. The van der Waals surface area contributed by atoms with Crippen molar-refractivity contribution in [2.75, 3.05) is 18.6 Å². The van der Waals surface area contributed by atoms with Crippen molar-refractivity contribution >= 4 is 91.7 Å². The average Bonchev–Trinajstić information content (AvgIpc) is 2.96. The first kappa shape index (κ1) is 32.3. The van der Waals surface area contributed by atoms with Crippen molar-refractivity contribution < 1.29 is 4.74 Å². The number of nitrogens with two attached hydrogens (primary N) is 2. The van der Waals surface area contributed by atoms with Gasteiger partial charge in [-0.3, -0.25) is 0 Å². The van der Waals surface area contributed by atoms with E-state index in [1.807, 2.05) is 18.2 Å². The molecular formula is C31H25Cl5N6O. The Bertz CT molecular complexity index is 1940. The summed E-state index contributed by atoms with van der Waals surface area (Å²) < 4.78 is 5.34. The van der Waals surface area contributed by atoms with Crippen LogP contribution in [-0.4, -0.2) is 27.0 Å². The van der Waals surface area contributed by atoms with Gasteiger partial charge in [0.25, 0.3) is 0 Å². The highest BCUT2D eigenvalue weighted by molar-refractivity contribution is 6.33. The Morgan fingerprint density at radius 2 is 1.05 bits per heavy atom. The fourth-order valence-corrected chi connectivity index (χ4v) is 4.69. The molecular weight excluding hydrogens is 650 g/mol. The molecule has 0 aliphatic carbocycles. The van der Waals surface area contributed by atoms with E-state index in [-0.39, 0.29) is 11.0 Å². The van der Waals surface area contributed by atoms with E-state index in [0.717, 1.165) is 5.02 Å². The van der Waals surface area contributed by atoms with Crippen LogP contribution in [0.25, 0.3) is 33.3 Å². The van der Waals surface area contributed by atoms with Gasteiger partial charge in [0.05, 0.1) is 29.2 Å². The summed E-state index contributed by atoms with van der Waals surface area (Å²) in [5.41, 5.74) is 18.0. The molecule has 0 spiro atoms. The normalized spacial score (nSPS) is 10.5. The first-order valence-electron chi connectivity index (χ1n) is 12.6. The smallest absolute Gasteiger partial charge is 0.171 e. The molecule has 2 aromatic heterocycles. The van der Waals surface area contributed by atoms with Crippen LogP contribution in [0.5, 0.6) is 5.75 Å². The van der Waals surface area contributed by atoms with Gasteiger partial charge in [0.1, 0.15) is 11.4 Å². The summed E-state index contributed by atoms with van der Waals surface area (Å²) in [6.45, 7) is 4.13. The van der Waals surface area contributed by atoms with Gasteiger partial charge >= 0.3 is 0 Å². The molecule has 6 rings (SSSR count). The zero-order valence-electron chi connectivity index (χ0n) is 23.2. The van der Waals surface area contributed by atoms with E-state index in [4.69, 9.17) is 74.2 Å². The van der Waals surface area contributed by atoms with Gasteiger partial charge in [0.2, 0.25) is 0 Å². The number of nitrogens with zero attached hydrogens (tertiary/aromatic N) is 4. The molecule has 12 heteroatoms. The monoisotopic (exact) mass is 672 g/mol. The Kier molecular flexibility index (Phi) is 10.7. The van der Waals surface area contributed by atoms with Crippen molar-refractivity contribution in [3.63, 3.8) is 0 Å². The molecule has 0 saturated heterocycles. The molecule has 2 heterocycles. The van der Waals surface area contributed by atoms with Crippen LogP contribution >= 0.6 is 58.0 Å². The second-order valence-corrected chi connectivity index (χ2v) is 11.3. The number of fused-ring (bicyclic) bond motifs is 2. The molecule has 0 aliphatic heterocycles. The van der Waals surface area contributed by atoms with Crippen molar-refractivity contribution in [1.82, 2.24) is 19.9 Å². The average molecular weight is 675 g/mol. The van der Waals surface area contributed by atoms with Gasteiger partial charge in [-0.15, -0.1) is 0 Å². The Morgan fingerprint density at radius 3 is 1.63 bits per heavy atom. The lowest BCUT2D eigenvalue weighted by molar-refractivity contribution is 0.416. The molecule has 0 amide bonds. The minimum atomic E-state index is 0.217. The highest BCUT2D eigenvalue weighted by Gasteiger charge is 2.14. The third-order valence-corrected chi connectivity index (χ3v) is 7.37. The number of benzene rings is 4. The molecule has 4 aromatic carbocycles. The second-order valence-electron chi connectivity index (χ2n) is 9.20. The van der Waals surface area contributed by atoms with Crippen molar-refractivity contribution in [1.29, 1.82) is 0 Å². The van der Waals surface area contributed by atoms with Crippen molar-refractivity contribution in [3.8, 4) is 17.0 Å². The van der Waals surface area contributed by atoms with Crippen molar-refractivity contribution in [2.45, 2.75) is 13.8 Å². The van der Waals surface area contributed by atoms with Gasteiger partial charge < -0.3 is 16.2 Å². The third-order valence-electron chi connectivity index (χ3n) is 6.15. The largest absolute Gasteiger partial charge is 0.496 e. The number of nitrogen functional groups attached to an aromatic ring is 2. The van der Waals surface area contributed by atoms with Crippen LogP contribution in [0.2, 0.25) is 25.2 Å². The quantitative estimate of drug-likeness (QED) is 0.188. The molecule has 0 aliphatic rings. The Labute approximate surface area is 273 Å². The zero-order chi connectivity index (χ0) is 31.3. The molecule has 0 atom stereocenters. The van der Waals surface area contributed by atoms with E-state index in [0.29, 0.717) is 60.0 Å². The Balaban J connectivity index is 0.000000163. The number of halogens is 5. The molecule has 7 nitrogen and oxygen atoms in total. The molecule has 0 fully saturated rings. The van der Waals surface area contributed by atoms with Gasteiger partial charge in [0.15, 0.2) is 16.8 Å². The van der Waals surface area contributed by atoms with Gasteiger partial charge in [-0.2, -0.15) is 0 Å². The zero-order valence-corrected chi connectivity index (χ0v) is 26.9.